The van der Waals surface area contributed by atoms with Crippen LogP contribution in [0.5, 0.6) is 0 Å². The number of amides is 2. The molecule has 0 aromatic carbocycles. The fourth-order valence-corrected chi connectivity index (χ4v) is 7.79. The lowest BCUT2D eigenvalue weighted by Gasteiger charge is -2.49. The molecule has 1 fully saturated rings. The van der Waals surface area contributed by atoms with Gasteiger partial charge < -0.3 is 36.4 Å². The number of hydrogen-bond acceptors (Lipinski definition) is 13. The highest BCUT2D eigenvalue weighted by atomic mass is 32.2. The zero-order valence-corrected chi connectivity index (χ0v) is 28.3. The van der Waals surface area contributed by atoms with E-state index < -0.39 is 46.5 Å². The number of nitrogens with one attached hydrogen (secondary N) is 2. The average molecular weight is 726 g/mol. The number of β-lactam (4-membered cyclic amide) rings is 1. The van der Waals surface area contributed by atoms with E-state index in [1.54, 1.807) is 5.38 Å². The smallest absolute Gasteiger partial charge is 0.352 e. The SMILES string of the molecule is CC(C)(O/N=C(\C(=O)N[C@@H]1C(=O)N2C(C(=O)O)=C(C[n+]3ccc4c(ccn4Cc4nc(C(=N)N)cs4)c3)CS[C@H]12)c1csc(N)n1)C(=O)O. The molecule has 2 atom stereocenters. The predicted octanol–water partition coefficient (Wildman–Crippen LogP) is 0.779. The number of thioether (sulfide) groups is 1. The highest BCUT2D eigenvalue weighted by Crippen LogP contribution is 2.40. The number of carbonyl (C=O) groups is 4. The van der Waals surface area contributed by atoms with Crippen molar-refractivity contribution < 1.29 is 38.8 Å². The van der Waals surface area contributed by atoms with Crippen LogP contribution in [0.25, 0.3) is 10.9 Å². The third kappa shape index (κ3) is 6.56. The Balaban J connectivity index is 1.18. The highest BCUT2D eigenvalue weighted by Gasteiger charge is 2.55. The van der Waals surface area contributed by atoms with Gasteiger partial charge in [0, 0.05) is 34.3 Å². The molecule has 6 rings (SSSR count). The summed E-state index contributed by atoms with van der Waals surface area (Å²) in [7, 11) is 0. The molecule has 4 aromatic rings. The van der Waals surface area contributed by atoms with Gasteiger partial charge in [0.25, 0.3) is 11.8 Å². The van der Waals surface area contributed by atoms with Crippen LogP contribution in [0.1, 0.15) is 30.2 Å². The largest absolute Gasteiger partial charge is 0.478 e. The molecule has 0 radical (unpaired) electrons. The summed E-state index contributed by atoms with van der Waals surface area (Å²) in [5.41, 5.74) is 10.8. The monoisotopic (exact) mass is 725 g/mol. The fraction of sp³-hybridized carbons (Fsp3) is 0.276. The van der Waals surface area contributed by atoms with Crippen LogP contribution >= 0.6 is 34.4 Å². The fourth-order valence-electron chi connectivity index (χ4n) is 5.11. The number of aromatic nitrogens is 4. The minimum Gasteiger partial charge on any atom is -0.478 e. The molecule has 6 heterocycles. The van der Waals surface area contributed by atoms with Crippen LogP contribution in [0, 0.1) is 5.41 Å². The number of aliphatic carboxylic acids is 2. The van der Waals surface area contributed by atoms with Crippen molar-refractivity contribution >= 4 is 85.8 Å². The lowest BCUT2D eigenvalue weighted by Crippen LogP contribution is -2.71. The maximum absolute atomic E-state index is 13.4. The van der Waals surface area contributed by atoms with Gasteiger partial charge in [-0.3, -0.25) is 19.9 Å². The maximum Gasteiger partial charge on any atom is 0.352 e. The van der Waals surface area contributed by atoms with E-state index in [9.17, 15) is 29.4 Å². The Bertz CT molecular complexity index is 2100. The number of oxime groups is 1. The molecule has 0 aliphatic carbocycles. The highest BCUT2D eigenvalue weighted by molar-refractivity contribution is 8.00. The molecule has 2 amide bonds. The molecule has 2 aliphatic rings. The van der Waals surface area contributed by atoms with E-state index >= 15 is 0 Å². The first-order valence-corrected chi connectivity index (χ1v) is 17.2. The van der Waals surface area contributed by atoms with Crippen molar-refractivity contribution in [3.63, 3.8) is 0 Å². The number of amidine groups is 1. The number of carbonyl (C=O) groups excluding carboxylic acids is 2. The third-order valence-corrected chi connectivity index (χ3v) is 10.5. The lowest BCUT2D eigenvalue weighted by atomic mass is 10.0. The Hall–Kier alpha value is -5.34. The first kappa shape index (κ1) is 33.6. The molecule has 17 nitrogen and oxygen atoms in total. The number of rotatable bonds is 12. The summed E-state index contributed by atoms with van der Waals surface area (Å²) >= 11 is 3.74. The van der Waals surface area contributed by atoms with Crippen molar-refractivity contribution in [2.45, 2.75) is 44.0 Å². The molecule has 49 heavy (non-hydrogen) atoms. The first-order chi connectivity index (χ1) is 23.2. The molecular weight excluding hydrogens is 697 g/mol. The topological polar surface area (TPSA) is 256 Å². The molecule has 0 saturated carbocycles. The van der Waals surface area contributed by atoms with Crippen LogP contribution in [0.2, 0.25) is 0 Å². The molecular formula is C29H29N10O7S3+. The van der Waals surface area contributed by atoms with E-state index in [1.165, 1.54) is 42.3 Å². The number of anilines is 1. The van der Waals surface area contributed by atoms with Gasteiger partial charge in [-0.2, -0.15) is 0 Å². The standard InChI is InChI=1S/C29H28N10O7S3/c1-29(2,27(44)45)46-36-19(15-11-49-28(32)34-15)23(40)35-20-24(41)39-21(26(42)43)14(10-48-25(20)39)8-37-5-4-17-13(7-37)3-6-38(17)9-18-33-16(12-47-18)22(30)31/h3-7,11-12,20,25H,8-10H2,1-2H3,(H7-,30,31,32,34,35,40,42,43,44,45)/p+1/b36-19-/t20-,25-/m1/s1. The molecule has 0 unspecified atom stereocenters. The first-order valence-electron chi connectivity index (χ1n) is 14.4. The number of pyridine rings is 1. The summed E-state index contributed by atoms with van der Waals surface area (Å²) in [4.78, 5) is 65.4. The number of nitrogens with two attached hydrogens (primary N) is 2. The Morgan fingerprint density at radius 3 is 2.61 bits per heavy atom. The van der Waals surface area contributed by atoms with Crippen molar-refractivity contribution in [2.24, 2.45) is 10.9 Å². The third-order valence-electron chi connectivity index (χ3n) is 7.67. The molecule has 4 aromatic heterocycles. The van der Waals surface area contributed by atoms with Gasteiger partial charge in [0.1, 0.15) is 39.3 Å². The van der Waals surface area contributed by atoms with Gasteiger partial charge in [-0.15, -0.1) is 34.4 Å². The molecule has 0 bridgehead atoms. The average Bonchev–Trinajstić information content (AvgIpc) is 3.80. The second-order valence-electron chi connectivity index (χ2n) is 11.5. The van der Waals surface area contributed by atoms with Gasteiger partial charge in [-0.1, -0.05) is 5.16 Å². The van der Waals surface area contributed by atoms with Crippen LogP contribution in [0.15, 0.2) is 57.9 Å². The number of nitrogens with zero attached hydrogens (tertiary/aromatic N) is 6. The summed E-state index contributed by atoms with van der Waals surface area (Å²) in [6, 6.07) is 2.75. The quantitative estimate of drug-likeness (QED) is 0.0390. The summed E-state index contributed by atoms with van der Waals surface area (Å²) in [5, 5.41) is 37.7. The van der Waals surface area contributed by atoms with Crippen molar-refractivity contribution in [3.05, 3.63) is 69.1 Å². The maximum atomic E-state index is 13.4. The number of nitrogen functional groups attached to an aromatic ring is 2. The minimum absolute atomic E-state index is 0.0177. The van der Waals surface area contributed by atoms with Crippen LogP contribution in [0.3, 0.4) is 0 Å². The van der Waals surface area contributed by atoms with E-state index in [-0.39, 0.29) is 34.7 Å². The molecule has 254 valence electrons. The van der Waals surface area contributed by atoms with Crippen LogP contribution in [0.4, 0.5) is 5.13 Å². The van der Waals surface area contributed by atoms with E-state index in [4.69, 9.17) is 21.7 Å². The number of hydrogen-bond donors (Lipinski definition) is 6. The second-order valence-corrected chi connectivity index (χ2v) is 14.4. The summed E-state index contributed by atoms with van der Waals surface area (Å²) in [6.07, 6.45) is 5.63. The molecule has 0 spiro atoms. The lowest BCUT2D eigenvalue weighted by molar-refractivity contribution is -0.687. The van der Waals surface area contributed by atoms with Crippen molar-refractivity contribution in [2.75, 3.05) is 11.5 Å². The van der Waals surface area contributed by atoms with Crippen molar-refractivity contribution in [3.8, 4) is 0 Å². The van der Waals surface area contributed by atoms with Crippen molar-refractivity contribution in [1.82, 2.24) is 24.8 Å². The molecule has 1 saturated heterocycles. The Kier molecular flexibility index (Phi) is 8.86. The number of fused-ring (bicyclic) bond motifs is 2. The van der Waals surface area contributed by atoms with E-state index in [0.29, 0.717) is 17.8 Å². The van der Waals surface area contributed by atoms with E-state index in [1.807, 2.05) is 39.9 Å². The van der Waals surface area contributed by atoms with Crippen LogP contribution < -0.4 is 21.4 Å². The summed E-state index contributed by atoms with van der Waals surface area (Å²) in [5.74, 6) is -3.91. The van der Waals surface area contributed by atoms with Gasteiger partial charge in [0.15, 0.2) is 29.8 Å². The minimum atomic E-state index is -1.78. The number of thiazole rings is 2. The van der Waals surface area contributed by atoms with Gasteiger partial charge in [-0.25, -0.2) is 24.1 Å². The van der Waals surface area contributed by atoms with Gasteiger partial charge in [-0.05, 0) is 19.9 Å². The Labute approximate surface area is 289 Å². The van der Waals surface area contributed by atoms with Gasteiger partial charge in [0.2, 0.25) is 5.60 Å². The molecule has 20 heteroatoms. The zero-order chi connectivity index (χ0) is 35.2. The van der Waals surface area contributed by atoms with Gasteiger partial charge in [0.05, 0.1) is 17.4 Å². The van der Waals surface area contributed by atoms with E-state index in [0.717, 1.165) is 32.1 Å². The number of carboxylic acids is 2. The van der Waals surface area contributed by atoms with Crippen LogP contribution in [-0.2, 0) is 37.1 Å². The predicted molar refractivity (Wildman–Crippen MR) is 180 cm³/mol. The Morgan fingerprint density at radius 1 is 1.20 bits per heavy atom. The second kappa shape index (κ2) is 12.9. The van der Waals surface area contributed by atoms with E-state index in [2.05, 4.69) is 20.4 Å². The zero-order valence-electron chi connectivity index (χ0n) is 25.8. The molecule has 8 N–H and O–H groups in total. The van der Waals surface area contributed by atoms with Crippen LogP contribution in [-0.4, -0.2) is 87.7 Å². The normalized spacial score (nSPS) is 17.9. The van der Waals surface area contributed by atoms with Gasteiger partial charge >= 0.3 is 11.9 Å². The van der Waals surface area contributed by atoms with Crippen molar-refractivity contribution in [1.29, 1.82) is 5.41 Å². The summed E-state index contributed by atoms with van der Waals surface area (Å²) < 4.78 is 3.85. The number of carboxylic acid groups (broad SMARTS) is 2. The molecule has 2 aliphatic heterocycles. The summed E-state index contributed by atoms with van der Waals surface area (Å²) in [6.45, 7) is 3.19. The Morgan fingerprint density at radius 2 is 1.96 bits per heavy atom.